The summed E-state index contributed by atoms with van der Waals surface area (Å²) in [4.78, 5) is 25.0. The average molecular weight is 499 g/mol. The first kappa shape index (κ1) is 24.7. The zero-order valence-corrected chi connectivity index (χ0v) is 20.1. The number of esters is 1. The van der Waals surface area contributed by atoms with Crippen molar-refractivity contribution in [3.63, 3.8) is 0 Å². The van der Waals surface area contributed by atoms with E-state index < -0.39 is 11.9 Å². The zero-order valence-electron chi connectivity index (χ0n) is 19.3. The van der Waals surface area contributed by atoms with Gasteiger partial charge < -0.3 is 9.47 Å². The molecule has 0 unspecified atom stereocenters. The molecule has 0 atom stereocenters. The molecule has 7 heteroatoms. The Labute approximate surface area is 213 Å². The maximum Gasteiger partial charge on any atom is 0.343 e. The topological polar surface area (TPSA) is 77.0 Å². The molecular formula is C29H23ClN2O4. The Morgan fingerprint density at radius 3 is 2.47 bits per heavy atom. The summed E-state index contributed by atoms with van der Waals surface area (Å²) in [6.07, 6.45) is 3.86. The van der Waals surface area contributed by atoms with Gasteiger partial charge in [-0.15, -0.1) is 6.58 Å². The minimum absolute atomic E-state index is 0.209. The van der Waals surface area contributed by atoms with Gasteiger partial charge in [0.05, 0.1) is 11.8 Å². The third-order valence-electron chi connectivity index (χ3n) is 5.29. The average Bonchev–Trinajstić information content (AvgIpc) is 2.89. The first-order valence-electron chi connectivity index (χ1n) is 11.2. The lowest BCUT2D eigenvalue weighted by Crippen LogP contribution is -2.25. The van der Waals surface area contributed by atoms with Crippen molar-refractivity contribution in [3.05, 3.63) is 119 Å². The monoisotopic (exact) mass is 498 g/mol. The van der Waals surface area contributed by atoms with Crippen molar-refractivity contribution in [3.8, 4) is 11.5 Å². The SMILES string of the molecule is C=CCc1ccccc1OCC(=O)N/N=C/c1c(OC(=O)c2ccc(Cl)cc2)ccc2ccccc12. The first-order valence-corrected chi connectivity index (χ1v) is 11.6. The maximum atomic E-state index is 12.7. The Kier molecular flexibility index (Phi) is 8.11. The number of hydrogen-bond donors (Lipinski definition) is 1. The second-order valence-electron chi connectivity index (χ2n) is 7.78. The molecule has 0 aliphatic heterocycles. The smallest absolute Gasteiger partial charge is 0.343 e. The van der Waals surface area contributed by atoms with E-state index in [2.05, 4.69) is 17.1 Å². The van der Waals surface area contributed by atoms with Crippen LogP contribution in [0.4, 0.5) is 0 Å². The number of nitrogens with one attached hydrogen (secondary N) is 1. The van der Waals surface area contributed by atoms with Crippen molar-refractivity contribution >= 4 is 40.5 Å². The van der Waals surface area contributed by atoms with Crippen LogP contribution < -0.4 is 14.9 Å². The molecule has 0 aliphatic carbocycles. The number of fused-ring (bicyclic) bond motifs is 1. The molecule has 6 nitrogen and oxygen atoms in total. The number of benzene rings is 4. The standard InChI is InChI=1S/C29H23ClN2O4/c1-2-7-21-9-4-6-11-26(21)35-19-28(33)32-31-18-25-24-10-5-3-8-20(24)14-17-27(25)36-29(34)22-12-15-23(30)16-13-22/h2-6,8-18H,1,7,19H2,(H,32,33)/b31-18+. The molecule has 0 spiro atoms. The van der Waals surface area contributed by atoms with Crippen LogP contribution in [0.5, 0.6) is 11.5 Å². The van der Waals surface area contributed by atoms with Crippen molar-refractivity contribution in [2.75, 3.05) is 6.61 Å². The Bertz CT molecular complexity index is 1430. The van der Waals surface area contributed by atoms with E-state index in [9.17, 15) is 9.59 Å². The number of ether oxygens (including phenoxy) is 2. The van der Waals surface area contributed by atoms with E-state index in [4.69, 9.17) is 21.1 Å². The van der Waals surface area contributed by atoms with Gasteiger partial charge >= 0.3 is 5.97 Å². The Morgan fingerprint density at radius 1 is 0.917 bits per heavy atom. The summed E-state index contributed by atoms with van der Waals surface area (Å²) in [5, 5.41) is 6.35. The molecule has 180 valence electrons. The summed E-state index contributed by atoms with van der Waals surface area (Å²) in [6, 6.07) is 25.0. The van der Waals surface area contributed by atoms with Gasteiger partial charge in [0.1, 0.15) is 11.5 Å². The second-order valence-corrected chi connectivity index (χ2v) is 8.21. The van der Waals surface area contributed by atoms with E-state index in [1.165, 1.54) is 6.21 Å². The summed E-state index contributed by atoms with van der Waals surface area (Å²) in [7, 11) is 0. The third kappa shape index (κ3) is 6.17. The summed E-state index contributed by atoms with van der Waals surface area (Å²) >= 11 is 5.91. The number of rotatable bonds is 9. The van der Waals surface area contributed by atoms with Crippen LogP contribution in [0, 0.1) is 0 Å². The molecule has 0 heterocycles. The molecule has 0 aromatic heterocycles. The molecular weight excluding hydrogens is 476 g/mol. The molecule has 36 heavy (non-hydrogen) atoms. The lowest BCUT2D eigenvalue weighted by atomic mass is 10.0. The van der Waals surface area contributed by atoms with Gasteiger partial charge in [-0.3, -0.25) is 4.79 Å². The van der Waals surface area contributed by atoms with E-state index in [-0.39, 0.29) is 6.61 Å². The van der Waals surface area contributed by atoms with Gasteiger partial charge in [0.25, 0.3) is 5.91 Å². The van der Waals surface area contributed by atoms with E-state index in [1.807, 2.05) is 48.5 Å². The number of amides is 1. The molecule has 4 rings (SSSR count). The van der Waals surface area contributed by atoms with Crippen LogP contribution in [0.15, 0.2) is 103 Å². The van der Waals surface area contributed by atoms with Crippen LogP contribution in [0.1, 0.15) is 21.5 Å². The van der Waals surface area contributed by atoms with Gasteiger partial charge in [-0.25, -0.2) is 10.2 Å². The van der Waals surface area contributed by atoms with Crippen LogP contribution in [0.2, 0.25) is 5.02 Å². The molecule has 4 aromatic carbocycles. The highest BCUT2D eigenvalue weighted by molar-refractivity contribution is 6.30. The lowest BCUT2D eigenvalue weighted by molar-refractivity contribution is -0.123. The molecule has 0 bridgehead atoms. The minimum atomic E-state index is -0.535. The number of carbonyl (C=O) groups is 2. The summed E-state index contributed by atoms with van der Waals surface area (Å²) in [6.45, 7) is 3.53. The van der Waals surface area contributed by atoms with Crippen LogP contribution in [0.25, 0.3) is 10.8 Å². The lowest BCUT2D eigenvalue weighted by Gasteiger charge is -2.11. The highest BCUT2D eigenvalue weighted by atomic mass is 35.5. The molecule has 1 N–H and O–H groups in total. The Morgan fingerprint density at radius 2 is 1.67 bits per heavy atom. The fourth-order valence-electron chi connectivity index (χ4n) is 3.56. The number of hydrazone groups is 1. The second kappa shape index (κ2) is 11.8. The molecule has 0 aliphatic rings. The highest BCUT2D eigenvalue weighted by Gasteiger charge is 2.14. The number of hydrogen-bond acceptors (Lipinski definition) is 5. The van der Waals surface area contributed by atoms with Gasteiger partial charge in [-0.1, -0.05) is 66.2 Å². The molecule has 0 radical (unpaired) electrons. The molecule has 0 saturated heterocycles. The predicted molar refractivity (Wildman–Crippen MR) is 142 cm³/mol. The van der Waals surface area contributed by atoms with E-state index in [1.54, 1.807) is 42.5 Å². The van der Waals surface area contributed by atoms with Crippen LogP contribution >= 0.6 is 11.6 Å². The summed E-state index contributed by atoms with van der Waals surface area (Å²) in [5.74, 6) is -0.0462. The molecule has 1 amide bonds. The predicted octanol–water partition coefficient (Wildman–Crippen LogP) is 5.97. The number of nitrogens with zero attached hydrogens (tertiary/aromatic N) is 1. The maximum absolute atomic E-state index is 12.7. The third-order valence-corrected chi connectivity index (χ3v) is 5.54. The fraction of sp³-hybridized carbons (Fsp3) is 0.0690. The van der Waals surface area contributed by atoms with Gasteiger partial charge in [0, 0.05) is 10.6 Å². The fourth-order valence-corrected chi connectivity index (χ4v) is 3.68. The molecule has 0 fully saturated rings. The number of allylic oxidation sites excluding steroid dienone is 1. The summed E-state index contributed by atoms with van der Waals surface area (Å²) in [5.41, 5.74) is 4.31. The zero-order chi connectivity index (χ0) is 25.3. The minimum Gasteiger partial charge on any atom is -0.483 e. The number of para-hydroxylation sites is 1. The van der Waals surface area contributed by atoms with Crippen molar-refractivity contribution in [2.45, 2.75) is 6.42 Å². The van der Waals surface area contributed by atoms with Crippen LogP contribution in [-0.4, -0.2) is 24.7 Å². The van der Waals surface area contributed by atoms with E-state index in [0.29, 0.717) is 34.1 Å². The number of carbonyl (C=O) groups excluding carboxylic acids is 2. The van der Waals surface area contributed by atoms with Crippen molar-refractivity contribution in [1.29, 1.82) is 0 Å². The summed E-state index contributed by atoms with van der Waals surface area (Å²) < 4.78 is 11.3. The van der Waals surface area contributed by atoms with Gasteiger partial charge in [-0.2, -0.15) is 5.10 Å². The Balaban J connectivity index is 1.49. The van der Waals surface area contributed by atoms with E-state index >= 15 is 0 Å². The number of halogens is 1. The quantitative estimate of drug-likeness (QED) is 0.101. The van der Waals surface area contributed by atoms with Gasteiger partial charge in [0.15, 0.2) is 6.61 Å². The Hall–Kier alpha value is -4.42. The van der Waals surface area contributed by atoms with Crippen LogP contribution in [-0.2, 0) is 11.2 Å². The van der Waals surface area contributed by atoms with Gasteiger partial charge in [-0.05, 0) is 59.2 Å². The largest absolute Gasteiger partial charge is 0.483 e. The van der Waals surface area contributed by atoms with Crippen molar-refractivity contribution in [2.24, 2.45) is 5.10 Å². The first-order chi connectivity index (χ1) is 17.5. The highest BCUT2D eigenvalue weighted by Crippen LogP contribution is 2.27. The molecule has 0 saturated carbocycles. The molecule has 4 aromatic rings. The van der Waals surface area contributed by atoms with E-state index in [0.717, 1.165) is 16.3 Å². The van der Waals surface area contributed by atoms with Gasteiger partial charge in [0.2, 0.25) is 0 Å². The van der Waals surface area contributed by atoms with Crippen molar-refractivity contribution < 1.29 is 19.1 Å². The van der Waals surface area contributed by atoms with Crippen molar-refractivity contribution in [1.82, 2.24) is 5.43 Å². The van der Waals surface area contributed by atoms with Crippen LogP contribution in [0.3, 0.4) is 0 Å². The normalized spacial score (nSPS) is 10.8.